The van der Waals surface area contributed by atoms with Crippen LogP contribution in [0.3, 0.4) is 0 Å². The lowest BCUT2D eigenvalue weighted by Crippen LogP contribution is -2.52. The minimum Gasteiger partial charge on any atom is -0.352 e. The first kappa shape index (κ1) is 30.8. The molecule has 208 valence electrons. The summed E-state index contributed by atoms with van der Waals surface area (Å²) in [5, 5.41) is 3.87. The lowest BCUT2D eigenvalue weighted by Gasteiger charge is -2.33. The van der Waals surface area contributed by atoms with Gasteiger partial charge in [0.15, 0.2) is 0 Å². The molecule has 1 unspecified atom stereocenters. The molecule has 0 saturated heterocycles. The number of hydrogen-bond donors (Lipinski definition) is 1. The van der Waals surface area contributed by atoms with Gasteiger partial charge < -0.3 is 10.2 Å². The summed E-state index contributed by atoms with van der Waals surface area (Å²) >= 11 is 18.9. The van der Waals surface area contributed by atoms with Crippen LogP contribution in [0, 0.1) is 6.92 Å². The molecule has 0 aliphatic carbocycles. The summed E-state index contributed by atoms with van der Waals surface area (Å²) < 4.78 is 28.7. The number of rotatable bonds is 10. The van der Waals surface area contributed by atoms with Gasteiger partial charge in [-0.05, 0) is 75.7 Å². The molecule has 3 aromatic rings. The van der Waals surface area contributed by atoms with Crippen LogP contribution in [0.2, 0.25) is 15.1 Å². The summed E-state index contributed by atoms with van der Waals surface area (Å²) in [5.74, 6) is -1.02. The van der Waals surface area contributed by atoms with Crippen molar-refractivity contribution in [2.24, 2.45) is 0 Å². The van der Waals surface area contributed by atoms with Crippen molar-refractivity contribution in [3.63, 3.8) is 0 Å². The van der Waals surface area contributed by atoms with Crippen molar-refractivity contribution in [1.82, 2.24) is 10.2 Å². The van der Waals surface area contributed by atoms with Gasteiger partial charge in [-0.1, -0.05) is 59.1 Å². The van der Waals surface area contributed by atoms with E-state index < -0.39 is 34.4 Å². The number of halogens is 3. The molecule has 0 aromatic heterocycles. The number of sulfonamides is 1. The Labute approximate surface area is 244 Å². The van der Waals surface area contributed by atoms with E-state index in [9.17, 15) is 18.0 Å². The number of nitrogens with zero attached hydrogens (tertiary/aromatic N) is 2. The molecule has 0 spiro atoms. The van der Waals surface area contributed by atoms with Gasteiger partial charge in [-0.25, -0.2) is 8.42 Å². The Morgan fingerprint density at radius 2 is 1.51 bits per heavy atom. The van der Waals surface area contributed by atoms with Crippen molar-refractivity contribution < 1.29 is 18.0 Å². The lowest BCUT2D eigenvalue weighted by molar-refractivity contribution is -0.139. The molecule has 0 aliphatic heterocycles. The molecular formula is C28H30Cl3N3O4S. The first-order valence-corrected chi connectivity index (χ1v) is 14.8. The second kappa shape index (κ2) is 13.0. The van der Waals surface area contributed by atoms with Crippen molar-refractivity contribution in [3.05, 3.63) is 92.9 Å². The van der Waals surface area contributed by atoms with Crippen molar-refractivity contribution in [3.8, 4) is 0 Å². The van der Waals surface area contributed by atoms with Crippen LogP contribution >= 0.6 is 34.8 Å². The molecule has 11 heteroatoms. The van der Waals surface area contributed by atoms with Crippen LogP contribution in [0.5, 0.6) is 0 Å². The highest BCUT2D eigenvalue weighted by molar-refractivity contribution is 7.92. The topological polar surface area (TPSA) is 86.8 Å². The Balaban J connectivity index is 2.09. The van der Waals surface area contributed by atoms with E-state index in [1.165, 1.54) is 17.0 Å². The first-order chi connectivity index (χ1) is 18.3. The van der Waals surface area contributed by atoms with Gasteiger partial charge >= 0.3 is 0 Å². The average molecular weight is 611 g/mol. The molecule has 0 radical (unpaired) electrons. The van der Waals surface area contributed by atoms with E-state index in [1.54, 1.807) is 82.3 Å². The van der Waals surface area contributed by atoms with Crippen LogP contribution < -0.4 is 9.62 Å². The van der Waals surface area contributed by atoms with Gasteiger partial charge in [0.25, 0.3) is 10.0 Å². The highest BCUT2D eigenvalue weighted by atomic mass is 35.5. The smallest absolute Gasteiger partial charge is 0.264 e. The van der Waals surface area contributed by atoms with E-state index in [0.29, 0.717) is 26.2 Å². The monoisotopic (exact) mass is 609 g/mol. The van der Waals surface area contributed by atoms with Crippen molar-refractivity contribution >= 4 is 62.3 Å². The Bertz CT molecular complexity index is 1430. The molecule has 0 bridgehead atoms. The number of amides is 2. The fourth-order valence-electron chi connectivity index (χ4n) is 3.97. The fraction of sp³-hybridized carbons (Fsp3) is 0.286. The number of carbonyl (C=O) groups is 2. The van der Waals surface area contributed by atoms with Gasteiger partial charge in [0.05, 0.1) is 10.6 Å². The van der Waals surface area contributed by atoms with Crippen LogP contribution in [0.1, 0.15) is 31.9 Å². The number of nitrogens with one attached hydrogen (secondary N) is 1. The molecule has 3 rings (SSSR count). The summed E-state index contributed by atoms with van der Waals surface area (Å²) in [4.78, 5) is 28.3. The SMILES string of the molecule is Cc1cc(Cl)ccc1N(CC(=O)N(Cc1c(Cl)cccc1Cl)C(C)C(=O)NC(C)C)S(=O)(=O)c1ccccc1. The van der Waals surface area contributed by atoms with Gasteiger partial charge in [0.1, 0.15) is 12.6 Å². The van der Waals surface area contributed by atoms with Gasteiger partial charge in [0.2, 0.25) is 11.8 Å². The summed E-state index contributed by atoms with van der Waals surface area (Å²) in [6, 6.07) is 16.4. The van der Waals surface area contributed by atoms with Crippen molar-refractivity contribution in [2.75, 3.05) is 10.8 Å². The van der Waals surface area contributed by atoms with E-state index in [4.69, 9.17) is 34.8 Å². The normalized spacial score (nSPS) is 12.2. The summed E-state index contributed by atoms with van der Waals surface area (Å²) in [6.45, 7) is 6.20. The summed E-state index contributed by atoms with van der Waals surface area (Å²) in [5.41, 5.74) is 1.28. The predicted molar refractivity (Wildman–Crippen MR) is 157 cm³/mol. The van der Waals surface area contributed by atoms with Gasteiger partial charge in [-0.15, -0.1) is 0 Å². The molecule has 0 fully saturated rings. The minimum atomic E-state index is -4.18. The van der Waals surface area contributed by atoms with Crippen LogP contribution in [0.4, 0.5) is 5.69 Å². The van der Waals surface area contributed by atoms with E-state index in [0.717, 1.165) is 4.31 Å². The summed E-state index contributed by atoms with van der Waals surface area (Å²) in [7, 11) is -4.18. The molecule has 7 nitrogen and oxygen atoms in total. The highest BCUT2D eigenvalue weighted by Gasteiger charge is 2.33. The molecule has 0 heterocycles. The summed E-state index contributed by atoms with van der Waals surface area (Å²) in [6.07, 6.45) is 0. The minimum absolute atomic E-state index is 0.0125. The third-order valence-electron chi connectivity index (χ3n) is 6.03. The van der Waals surface area contributed by atoms with Crippen molar-refractivity contribution in [2.45, 2.75) is 51.2 Å². The highest BCUT2D eigenvalue weighted by Crippen LogP contribution is 2.30. The maximum Gasteiger partial charge on any atom is 0.264 e. The zero-order valence-electron chi connectivity index (χ0n) is 22.0. The molecule has 0 aliphatic rings. The molecule has 0 saturated carbocycles. The van der Waals surface area contributed by atoms with E-state index >= 15 is 0 Å². The molecular weight excluding hydrogens is 581 g/mol. The lowest BCUT2D eigenvalue weighted by atomic mass is 10.1. The second-order valence-electron chi connectivity index (χ2n) is 9.32. The van der Waals surface area contributed by atoms with E-state index in [1.807, 2.05) is 0 Å². The van der Waals surface area contributed by atoms with Gasteiger partial charge in [0, 0.05) is 33.2 Å². The number of benzene rings is 3. The second-order valence-corrected chi connectivity index (χ2v) is 12.4. The van der Waals surface area contributed by atoms with E-state index in [-0.39, 0.29) is 23.2 Å². The molecule has 3 aromatic carbocycles. The first-order valence-electron chi connectivity index (χ1n) is 12.2. The zero-order chi connectivity index (χ0) is 28.9. The van der Waals surface area contributed by atoms with Gasteiger partial charge in [-0.3, -0.25) is 13.9 Å². The largest absolute Gasteiger partial charge is 0.352 e. The zero-order valence-corrected chi connectivity index (χ0v) is 25.1. The Morgan fingerprint density at radius 1 is 0.897 bits per heavy atom. The maximum atomic E-state index is 14.0. The van der Waals surface area contributed by atoms with Crippen LogP contribution in [0.25, 0.3) is 0 Å². The molecule has 1 atom stereocenters. The standard InChI is InChI=1S/C28H30Cl3N3O4S/c1-18(2)32-28(36)20(4)33(16-23-24(30)11-8-12-25(23)31)27(35)17-34(26-14-13-21(29)15-19(26)3)39(37,38)22-9-6-5-7-10-22/h5-15,18,20H,16-17H2,1-4H3,(H,32,36). The molecule has 39 heavy (non-hydrogen) atoms. The number of hydrogen-bond acceptors (Lipinski definition) is 4. The average Bonchev–Trinajstić information content (AvgIpc) is 2.87. The van der Waals surface area contributed by atoms with Gasteiger partial charge in [-0.2, -0.15) is 0 Å². The number of carbonyl (C=O) groups excluding carboxylic acids is 2. The van der Waals surface area contributed by atoms with Crippen LogP contribution in [-0.2, 0) is 26.2 Å². The fourth-order valence-corrected chi connectivity index (χ4v) is 6.22. The quantitative estimate of drug-likeness (QED) is 0.301. The Kier molecular flexibility index (Phi) is 10.3. The van der Waals surface area contributed by atoms with Crippen LogP contribution in [-0.4, -0.2) is 43.8 Å². The Morgan fingerprint density at radius 3 is 2.08 bits per heavy atom. The number of anilines is 1. The number of aryl methyl sites for hydroxylation is 1. The molecule has 2 amide bonds. The van der Waals surface area contributed by atoms with Crippen molar-refractivity contribution in [1.29, 1.82) is 0 Å². The van der Waals surface area contributed by atoms with Crippen LogP contribution in [0.15, 0.2) is 71.6 Å². The predicted octanol–water partition coefficient (Wildman–Crippen LogP) is 6.09. The van der Waals surface area contributed by atoms with E-state index in [2.05, 4.69) is 5.32 Å². The third kappa shape index (κ3) is 7.45. The Hall–Kier alpha value is -2.78. The third-order valence-corrected chi connectivity index (χ3v) is 8.74. The molecule has 1 N–H and O–H groups in total. The maximum absolute atomic E-state index is 14.0.